The van der Waals surface area contributed by atoms with Gasteiger partial charge in [0.1, 0.15) is 12.4 Å². The number of halogens is 1. The van der Waals surface area contributed by atoms with Crippen LogP contribution in [0.4, 0.5) is 0 Å². The lowest BCUT2D eigenvalue weighted by atomic mass is 10.1. The topological polar surface area (TPSA) is 9.23 Å². The van der Waals surface area contributed by atoms with Gasteiger partial charge in [0.2, 0.25) is 0 Å². The van der Waals surface area contributed by atoms with Gasteiger partial charge in [0.25, 0.3) is 0 Å². The molecule has 1 aromatic carbocycles. The van der Waals surface area contributed by atoms with E-state index in [9.17, 15) is 0 Å². The number of rotatable bonds is 3. The molecule has 1 heterocycles. The number of aryl methyl sites for hydroxylation is 1. The van der Waals surface area contributed by atoms with E-state index in [-0.39, 0.29) is 0 Å². The molecule has 0 fully saturated rings. The Bertz CT molecular complexity index is 314. The molecule has 1 aromatic rings. The molecule has 76 valence electrons. The minimum absolute atomic E-state index is 0.550. The van der Waals surface area contributed by atoms with E-state index in [2.05, 4.69) is 12.1 Å². The van der Waals surface area contributed by atoms with E-state index in [4.69, 9.17) is 16.3 Å². The smallest absolute Gasteiger partial charge is 0.133 e. The van der Waals surface area contributed by atoms with Gasteiger partial charge in [-0.15, -0.1) is 23.4 Å². The van der Waals surface area contributed by atoms with Crippen LogP contribution in [0.25, 0.3) is 0 Å². The van der Waals surface area contributed by atoms with Gasteiger partial charge < -0.3 is 4.74 Å². The summed E-state index contributed by atoms with van der Waals surface area (Å²) < 4.78 is 5.60. The van der Waals surface area contributed by atoms with Crippen LogP contribution < -0.4 is 4.74 Å². The highest BCUT2D eigenvalue weighted by molar-refractivity contribution is 7.99. The Hall–Kier alpha value is -0.340. The molecule has 0 saturated carbocycles. The molecule has 0 unspecified atom stereocenters. The molecule has 2 rings (SSSR count). The number of alkyl halides is 1. The fraction of sp³-hybridized carbons (Fsp3) is 0.455. The summed E-state index contributed by atoms with van der Waals surface area (Å²) in [6.45, 7) is 0.596. The van der Waals surface area contributed by atoms with E-state index in [1.807, 2.05) is 17.8 Å². The molecule has 0 atom stereocenters. The molecule has 1 aliphatic rings. The standard InChI is InChI=1S/C11H13ClOS/c12-6-7-13-10-5-1-3-9-4-2-8-14-11(9)10/h1,3,5H,2,4,6-8H2. The molecule has 0 aliphatic carbocycles. The average Bonchev–Trinajstić information content (AvgIpc) is 2.26. The van der Waals surface area contributed by atoms with E-state index < -0.39 is 0 Å². The van der Waals surface area contributed by atoms with Crippen LogP contribution in [0.5, 0.6) is 5.75 Å². The third-order valence-corrected chi connectivity index (χ3v) is 3.63. The lowest BCUT2D eigenvalue weighted by Crippen LogP contribution is -2.04. The van der Waals surface area contributed by atoms with Crippen LogP contribution in [-0.2, 0) is 6.42 Å². The average molecular weight is 229 g/mol. The first kappa shape index (κ1) is 10.2. The number of hydrogen-bond donors (Lipinski definition) is 0. The van der Waals surface area contributed by atoms with Crippen molar-refractivity contribution in [2.75, 3.05) is 18.2 Å². The molecule has 0 saturated heterocycles. The Kier molecular flexibility index (Phi) is 3.60. The van der Waals surface area contributed by atoms with Crippen LogP contribution in [0, 0.1) is 0 Å². The molecule has 3 heteroatoms. The largest absolute Gasteiger partial charge is 0.491 e. The molecule has 0 bridgehead atoms. The zero-order valence-corrected chi connectivity index (χ0v) is 9.53. The molecular formula is C11H13ClOS. The fourth-order valence-electron chi connectivity index (χ4n) is 1.62. The summed E-state index contributed by atoms with van der Waals surface area (Å²) in [5.41, 5.74) is 1.42. The van der Waals surface area contributed by atoms with Gasteiger partial charge in [-0.05, 0) is 30.2 Å². The van der Waals surface area contributed by atoms with Crippen molar-refractivity contribution in [2.45, 2.75) is 17.7 Å². The second kappa shape index (κ2) is 4.94. The van der Waals surface area contributed by atoms with Crippen LogP contribution in [0.3, 0.4) is 0 Å². The number of ether oxygens (including phenoxy) is 1. The van der Waals surface area contributed by atoms with Crippen LogP contribution in [0.15, 0.2) is 23.1 Å². The molecule has 0 amide bonds. The van der Waals surface area contributed by atoms with Crippen molar-refractivity contribution in [2.24, 2.45) is 0 Å². The van der Waals surface area contributed by atoms with E-state index in [0.717, 1.165) is 5.75 Å². The molecule has 1 nitrogen and oxygen atoms in total. The summed E-state index contributed by atoms with van der Waals surface area (Å²) in [4.78, 5) is 1.32. The second-order valence-corrected chi connectivity index (χ2v) is 4.72. The van der Waals surface area contributed by atoms with Crippen molar-refractivity contribution in [1.29, 1.82) is 0 Å². The van der Waals surface area contributed by atoms with Gasteiger partial charge in [-0.25, -0.2) is 0 Å². The summed E-state index contributed by atoms with van der Waals surface area (Å²) in [5.74, 6) is 2.76. The van der Waals surface area contributed by atoms with Crippen molar-refractivity contribution in [1.82, 2.24) is 0 Å². The zero-order chi connectivity index (χ0) is 9.80. The van der Waals surface area contributed by atoms with Crippen molar-refractivity contribution in [3.8, 4) is 5.75 Å². The predicted molar refractivity (Wildman–Crippen MR) is 61.7 cm³/mol. The minimum Gasteiger partial charge on any atom is -0.491 e. The van der Waals surface area contributed by atoms with Gasteiger partial charge in [0.05, 0.1) is 10.8 Å². The summed E-state index contributed by atoms with van der Waals surface area (Å²) in [7, 11) is 0. The maximum atomic E-state index is 5.60. The van der Waals surface area contributed by atoms with Crippen LogP contribution in [0.1, 0.15) is 12.0 Å². The summed E-state index contributed by atoms with van der Waals surface area (Å²) in [6.07, 6.45) is 2.46. The molecule has 0 radical (unpaired) electrons. The Morgan fingerprint density at radius 3 is 3.21 bits per heavy atom. The van der Waals surface area contributed by atoms with Gasteiger partial charge in [-0.3, -0.25) is 0 Å². The van der Waals surface area contributed by atoms with Crippen molar-refractivity contribution in [3.63, 3.8) is 0 Å². The third kappa shape index (κ3) is 2.18. The predicted octanol–water partition coefficient (Wildman–Crippen LogP) is 3.34. The lowest BCUT2D eigenvalue weighted by Gasteiger charge is -2.18. The first-order valence-corrected chi connectivity index (χ1v) is 6.37. The van der Waals surface area contributed by atoms with Gasteiger partial charge in [-0.1, -0.05) is 12.1 Å². The number of fused-ring (bicyclic) bond motifs is 1. The fourth-order valence-corrected chi connectivity index (χ4v) is 2.82. The monoisotopic (exact) mass is 228 g/mol. The normalized spacial score (nSPS) is 14.9. The van der Waals surface area contributed by atoms with Gasteiger partial charge in [0, 0.05) is 0 Å². The Morgan fingerprint density at radius 1 is 1.43 bits per heavy atom. The third-order valence-electron chi connectivity index (χ3n) is 2.23. The maximum Gasteiger partial charge on any atom is 0.133 e. The molecule has 0 aromatic heterocycles. The lowest BCUT2D eigenvalue weighted by molar-refractivity contribution is 0.334. The number of benzene rings is 1. The van der Waals surface area contributed by atoms with Gasteiger partial charge in [0.15, 0.2) is 0 Å². The highest BCUT2D eigenvalue weighted by Gasteiger charge is 2.13. The Morgan fingerprint density at radius 2 is 2.36 bits per heavy atom. The van der Waals surface area contributed by atoms with Crippen molar-refractivity contribution in [3.05, 3.63) is 23.8 Å². The minimum atomic E-state index is 0.550. The van der Waals surface area contributed by atoms with Crippen LogP contribution >= 0.6 is 23.4 Å². The van der Waals surface area contributed by atoms with E-state index in [0.29, 0.717) is 12.5 Å². The molecule has 0 spiro atoms. The maximum absolute atomic E-state index is 5.60. The van der Waals surface area contributed by atoms with E-state index in [1.165, 1.54) is 29.1 Å². The summed E-state index contributed by atoms with van der Waals surface area (Å²) >= 11 is 7.50. The highest BCUT2D eigenvalue weighted by atomic mass is 35.5. The van der Waals surface area contributed by atoms with Gasteiger partial charge in [-0.2, -0.15) is 0 Å². The molecule has 14 heavy (non-hydrogen) atoms. The summed E-state index contributed by atoms with van der Waals surface area (Å²) in [6, 6.07) is 6.28. The number of hydrogen-bond acceptors (Lipinski definition) is 2. The SMILES string of the molecule is ClCCOc1cccc2c1SCCC2. The first-order valence-electron chi connectivity index (χ1n) is 4.85. The Balaban J connectivity index is 2.21. The zero-order valence-electron chi connectivity index (χ0n) is 7.96. The highest BCUT2D eigenvalue weighted by Crippen LogP contribution is 2.37. The van der Waals surface area contributed by atoms with Crippen molar-refractivity contribution >= 4 is 23.4 Å². The second-order valence-electron chi connectivity index (χ2n) is 3.23. The van der Waals surface area contributed by atoms with Gasteiger partial charge >= 0.3 is 0 Å². The van der Waals surface area contributed by atoms with Crippen molar-refractivity contribution < 1.29 is 4.74 Å². The van der Waals surface area contributed by atoms with Crippen LogP contribution in [-0.4, -0.2) is 18.2 Å². The van der Waals surface area contributed by atoms with E-state index >= 15 is 0 Å². The molecule has 0 N–H and O–H groups in total. The van der Waals surface area contributed by atoms with E-state index in [1.54, 1.807) is 0 Å². The molecule has 1 aliphatic heterocycles. The summed E-state index contributed by atoms with van der Waals surface area (Å²) in [5, 5.41) is 0. The quantitative estimate of drug-likeness (QED) is 0.734. The number of thioether (sulfide) groups is 1. The first-order chi connectivity index (χ1) is 6.92. The van der Waals surface area contributed by atoms with Crippen LogP contribution in [0.2, 0.25) is 0 Å². The Labute approximate surface area is 93.8 Å². The molecular weight excluding hydrogens is 216 g/mol.